The molecule has 0 aromatic heterocycles. The topological polar surface area (TPSA) is 109 Å². The van der Waals surface area contributed by atoms with Crippen LogP contribution in [-0.4, -0.2) is 56.7 Å². The minimum atomic E-state index is -1.98. The Morgan fingerprint density at radius 2 is 0.510 bits per heavy atom. The molecule has 0 aromatic rings. The van der Waals surface area contributed by atoms with E-state index in [1.165, 1.54) is 167 Å². The van der Waals surface area contributed by atoms with Crippen molar-refractivity contribution in [2.45, 2.75) is 219 Å². The quantitative estimate of drug-likeness (QED) is 0.0483. The number of rotatable bonds is 40. The standard InChI is InChI=1S/C42H80O6S/c1-3-5-7-9-11-13-15-17-19-21-23-25-27-29-31-33-35-49(37-39(43)41(45)46,38-40(44)42(47)48)36-34-32-30-28-26-24-22-20-18-16-14-12-10-8-6-4-2/h3-38H2,1-2H3,(H,45,46)(H,47,48). The van der Waals surface area contributed by atoms with Gasteiger partial charge in [0, 0.05) is 11.5 Å². The second kappa shape index (κ2) is 35.1. The lowest BCUT2D eigenvalue weighted by Gasteiger charge is -2.38. The highest BCUT2D eigenvalue weighted by Gasteiger charge is 2.33. The second-order valence-corrected chi connectivity index (χ2v) is 18.8. The summed E-state index contributed by atoms with van der Waals surface area (Å²) in [5.74, 6) is -3.80. The highest BCUT2D eigenvalue weighted by molar-refractivity contribution is 8.34. The fourth-order valence-electron chi connectivity index (χ4n) is 7.03. The van der Waals surface area contributed by atoms with Gasteiger partial charge in [0.1, 0.15) is 0 Å². The lowest BCUT2D eigenvalue weighted by Crippen LogP contribution is -2.32. The molecule has 0 aliphatic heterocycles. The number of Topliss-reactive ketones (excluding diaryl/α,β-unsaturated/α-hetero) is 2. The smallest absolute Gasteiger partial charge is 0.372 e. The molecule has 49 heavy (non-hydrogen) atoms. The van der Waals surface area contributed by atoms with Crippen LogP contribution in [0.5, 0.6) is 0 Å². The van der Waals surface area contributed by atoms with Crippen molar-refractivity contribution < 1.29 is 29.4 Å². The summed E-state index contributed by atoms with van der Waals surface area (Å²) in [7, 11) is -1.98. The molecular formula is C42H80O6S. The van der Waals surface area contributed by atoms with Gasteiger partial charge < -0.3 is 10.2 Å². The number of aliphatic carboxylic acids is 2. The third kappa shape index (κ3) is 31.1. The Hall–Kier alpha value is -1.37. The van der Waals surface area contributed by atoms with Gasteiger partial charge >= 0.3 is 11.9 Å². The predicted octanol–water partition coefficient (Wildman–Crippen LogP) is 12.6. The molecule has 0 saturated heterocycles. The number of carbonyl (C=O) groups excluding carboxylic acids is 2. The van der Waals surface area contributed by atoms with Crippen LogP contribution in [0.1, 0.15) is 219 Å². The fourth-order valence-corrected chi connectivity index (χ4v) is 10.9. The Bertz CT molecular complexity index is 747. The third-order valence-electron chi connectivity index (χ3n) is 10.2. The molecule has 0 rings (SSSR count). The third-order valence-corrected chi connectivity index (χ3v) is 14.3. The monoisotopic (exact) mass is 713 g/mol. The maximum Gasteiger partial charge on any atom is 0.372 e. The van der Waals surface area contributed by atoms with Crippen LogP contribution in [-0.2, 0) is 19.2 Å². The minimum absolute atomic E-state index is 0.168. The number of carboxylic acid groups (broad SMARTS) is 2. The lowest BCUT2D eigenvalue weighted by atomic mass is 10.0. The molecule has 2 N–H and O–H groups in total. The first-order valence-corrected chi connectivity index (χ1v) is 23.3. The van der Waals surface area contributed by atoms with Crippen molar-refractivity contribution in [3.05, 3.63) is 0 Å². The number of unbranched alkanes of at least 4 members (excludes halogenated alkanes) is 30. The van der Waals surface area contributed by atoms with E-state index in [0.717, 1.165) is 38.5 Å². The Balaban J connectivity index is 4.40. The summed E-state index contributed by atoms with van der Waals surface area (Å²) >= 11 is 0. The molecule has 0 radical (unpaired) electrons. The molecule has 0 heterocycles. The number of hydrogen-bond acceptors (Lipinski definition) is 4. The van der Waals surface area contributed by atoms with Crippen LogP contribution in [0.4, 0.5) is 0 Å². The highest BCUT2D eigenvalue weighted by Crippen LogP contribution is 2.50. The van der Waals surface area contributed by atoms with Crippen LogP contribution >= 0.6 is 10.0 Å². The van der Waals surface area contributed by atoms with E-state index in [-0.39, 0.29) is 11.5 Å². The van der Waals surface area contributed by atoms with Gasteiger partial charge in [-0.3, -0.25) is 9.59 Å². The van der Waals surface area contributed by atoms with Crippen LogP contribution in [0.25, 0.3) is 0 Å². The molecule has 0 fully saturated rings. The number of ketones is 2. The summed E-state index contributed by atoms with van der Waals surface area (Å²) in [6, 6.07) is 0. The molecule has 0 aromatic carbocycles. The van der Waals surface area contributed by atoms with Crippen molar-refractivity contribution >= 4 is 33.5 Å². The first kappa shape index (κ1) is 47.6. The van der Waals surface area contributed by atoms with E-state index in [1.54, 1.807) is 0 Å². The highest BCUT2D eigenvalue weighted by atomic mass is 32.3. The van der Waals surface area contributed by atoms with E-state index < -0.39 is 33.5 Å². The maximum atomic E-state index is 12.4. The van der Waals surface area contributed by atoms with Crippen molar-refractivity contribution in [3.8, 4) is 0 Å². The molecule has 7 heteroatoms. The molecule has 0 aliphatic carbocycles. The second-order valence-electron chi connectivity index (χ2n) is 15.0. The molecule has 0 spiro atoms. The van der Waals surface area contributed by atoms with Crippen molar-refractivity contribution in [1.29, 1.82) is 0 Å². The zero-order chi connectivity index (χ0) is 36.3. The summed E-state index contributed by atoms with van der Waals surface area (Å²) in [6.45, 7) is 4.52. The Morgan fingerprint density at radius 3 is 0.694 bits per heavy atom. The van der Waals surface area contributed by atoms with Gasteiger partial charge in [0.2, 0.25) is 11.6 Å². The Morgan fingerprint density at radius 1 is 0.327 bits per heavy atom. The molecular weight excluding hydrogens is 633 g/mol. The van der Waals surface area contributed by atoms with Crippen molar-refractivity contribution in [2.24, 2.45) is 0 Å². The average Bonchev–Trinajstić information content (AvgIpc) is 3.07. The Kier molecular flexibility index (Phi) is 34.1. The SMILES string of the molecule is CCCCCCCCCCCCCCCCCCS(CCCCCCCCCCCCCCCCCC)(CC(=O)C(=O)O)CC(=O)C(=O)O. The van der Waals surface area contributed by atoms with E-state index >= 15 is 0 Å². The summed E-state index contributed by atoms with van der Waals surface area (Å²) < 4.78 is 0. The average molecular weight is 713 g/mol. The van der Waals surface area contributed by atoms with Gasteiger partial charge in [-0.05, 0) is 24.3 Å². The molecule has 0 bridgehead atoms. The first-order valence-electron chi connectivity index (χ1n) is 21.0. The number of hydrogen-bond donors (Lipinski definition) is 2. The van der Waals surface area contributed by atoms with E-state index in [2.05, 4.69) is 13.8 Å². The van der Waals surface area contributed by atoms with Gasteiger partial charge in [-0.1, -0.05) is 206 Å². The summed E-state index contributed by atoms with van der Waals surface area (Å²) in [4.78, 5) is 47.8. The molecule has 0 saturated carbocycles. The van der Waals surface area contributed by atoms with E-state index in [9.17, 15) is 29.4 Å². The molecule has 290 valence electrons. The van der Waals surface area contributed by atoms with Crippen molar-refractivity contribution in [2.75, 3.05) is 23.0 Å². The molecule has 0 aliphatic rings. The zero-order valence-electron chi connectivity index (χ0n) is 32.4. The van der Waals surface area contributed by atoms with Crippen molar-refractivity contribution in [1.82, 2.24) is 0 Å². The molecule has 0 unspecified atom stereocenters. The lowest BCUT2D eigenvalue weighted by molar-refractivity contribution is -0.148. The van der Waals surface area contributed by atoms with Gasteiger partial charge in [0.05, 0.1) is 0 Å². The van der Waals surface area contributed by atoms with Crippen LogP contribution in [0, 0.1) is 0 Å². The van der Waals surface area contributed by atoms with E-state index in [0.29, 0.717) is 11.5 Å². The molecule has 0 atom stereocenters. The van der Waals surface area contributed by atoms with Crippen molar-refractivity contribution in [3.63, 3.8) is 0 Å². The number of carboxylic acids is 2. The normalized spacial score (nSPS) is 12.0. The zero-order valence-corrected chi connectivity index (χ0v) is 33.2. The fraction of sp³-hybridized carbons (Fsp3) is 0.905. The van der Waals surface area contributed by atoms with Crippen LogP contribution < -0.4 is 0 Å². The van der Waals surface area contributed by atoms with Crippen LogP contribution in [0.3, 0.4) is 0 Å². The summed E-state index contributed by atoms with van der Waals surface area (Å²) in [5, 5.41) is 18.8. The Labute approximate surface area is 304 Å². The molecule has 0 amide bonds. The van der Waals surface area contributed by atoms with Crippen LogP contribution in [0.15, 0.2) is 0 Å². The largest absolute Gasteiger partial charge is 0.475 e. The van der Waals surface area contributed by atoms with Crippen LogP contribution in [0.2, 0.25) is 0 Å². The van der Waals surface area contributed by atoms with Gasteiger partial charge in [-0.2, -0.15) is 0 Å². The van der Waals surface area contributed by atoms with Gasteiger partial charge in [-0.25, -0.2) is 19.6 Å². The van der Waals surface area contributed by atoms with E-state index in [4.69, 9.17) is 0 Å². The van der Waals surface area contributed by atoms with E-state index in [1.807, 2.05) is 0 Å². The summed E-state index contributed by atoms with van der Waals surface area (Å²) in [6.07, 6.45) is 40.3. The first-order chi connectivity index (χ1) is 23.8. The maximum absolute atomic E-state index is 12.4. The van der Waals surface area contributed by atoms with Gasteiger partial charge in [0.25, 0.3) is 0 Å². The van der Waals surface area contributed by atoms with Gasteiger partial charge in [0.15, 0.2) is 0 Å². The molecule has 6 nitrogen and oxygen atoms in total. The number of carbonyl (C=O) groups is 4. The predicted molar refractivity (Wildman–Crippen MR) is 211 cm³/mol. The summed E-state index contributed by atoms with van der Waals surface area (Å²) in [5.41, 5.74) is 0. The minimum Gasteiger partial charge on any atom is -0.475 e. The van der Waals surface area contributed by atoms with Gasteiger partial charge in [-0.15, -0.1) is 0 Å².